The van der Waals surface area contributed by atoms with E-state index in [2.05, 4.69) is 0 Å². The van der Waals surface area contributed by atoms with Crippen LogP contribution < -0.4 is 0 Å². The highest BCUT2D eigenvalue weighted by Crippen LogP contribution is 2.27. The predicted octanol–water partition coefficient (Wildman–Crippen LogP) is 5.20. The lowest BCUT2D eigenvalue weighted by Gasteiger charge is -2.09. The second-order valence-corrected chi connectivity index (χ2v) is 4.35. The molecule has 2 rings (SSSR count). The maximum Gasteiger partial charge on any atom is 0.503 e. The number of carbonyl (C=O) groups is 1. The molecule has 0 amide bonds. The van der Waals surface area contributed by atoms with Gasteiger partial charge in [-0.1, -0.05) is 54.6 Å². The van der Waals surface area contributed by atoms with Crippen LogP contribution in [0, 0.1) is 11.6 Å². The molecule has 2 aromatic rings. The molecular formula is C18H16F2O3. The Kier molecular flexibility index (Phi) is 7.20. The van der Waals surface area contributed by atoms with Crippen molar-refractivity contribution in [3.05, 3.63) is 89.5 Å². The number of benzene rings is 2. The van der Waals surface area contributed by atoms with Gasteiger partial charge in [0.15, 0.2) is 0 Å². The number of carboxylic acid groups (broad SMARTS) is 2. The van der Waals surface area contributed by atoms with E-state index in [1.807, 2.05) is 13.0 Å². The molecule has 5 heteroatoms. The highest BCUT2D eigenvalue weighted by atomic mass is 19.1. The van der Waals surface area contributed by atoms with Crippen LogP contribution >= 0.6 is 0 Å². The molecule has 0 aliphatic heterocycles. The van der Waals surface area contributed by atoms with Gasteiger partial charge in [0.2, 0.25) is 0 Å². The number of hydrogen-bond donors (Lipinski definition) is 2. The summed E-state index contributed by atoms with van der Waals surface area (Å²) < 4.78 is 27.8. The van der Waals surface area contributed by atoms with Gasteiger partial charge >= 0.3 is 6.16 Å². The Morgan fingerprint density at radius 1 is 0.913 bits per heavy atom. The quantitative estimate of drug-likeness (QED) is 0.765. The van der Waals surface area contributed by atoms with Gasteiger partial charge < -0.3 is 10.2 Å². The van der Waals surface area contributed by atoms with E-state index in [1.165, 1.54) is 12.1 Å². The molecule has 0 saturated heterocycles. The molecule has 0 bridgehead atoms. The highest BCUT2D eigenvalue weighted by molar-refractivity contribution is 5.81. The maximum atomic E-state index is 13.9. The molecule has 0 aromatic heterocycles. The lowest BCUT2D eigenvalue weighted by molar-refractivity contribution is 0.137. The summed E-state index contributed by atoms with van der Waals surface area (Å²) in [4.78, 5) is 8.56. The van der Waals surface area contributed by atoms with Gasteiger partial charge in [0, 0.05) is 11.1 Å². The summed E-state index contributed by atoms with van der Waals surface area (Å²) in [6.07, 6.45) is 3.48. The number of allylic oxidation sites excluding steroid dienone is 3. The van der Waals surface area contributed by atoms with Crippen molar-refractivity contribution in [2.45, 2.75) is 6.92 Å². The second-order valence-electron chi connectivity index (χ2n) is 4.35. The first kappa shape index (κ1) is 18.1. The largest absolute Gasteiger partial charge is 0.503 e. The Morgan fingerprint density at radius 3 is 1.65 bits per heavy atom. The van der Waals surface area contributed by atoms with Crippen LogP contribution in [0.2, 0.25) is 0 Å². The molecule has 0 spiro atoms. The third-order valence-electron chi connectivity index (χ3n) is 2.78. The van der Waals surface area contributed by atoms with Crippen LogP contribution in [0.5, 0.6) is 0 Å². The van der Waals surface area contributed by atoms with Crippen molar-refractivity contribution in [1.82, 2.24) is 0 Å². The van der Waals surface area contributed by atoms with Crippen LogP contribution in [-0.4, -0.2) is 16.4 Å². The SMILES string of the molecule is C/C=C/C=C(c1ccccc1F)c1ccccc1F.O=C(O)O. The lowest BCUT2D eigenvalue weighted by atomic mass is 9.96. The van der Waals surface area contributed by atoms with Crippen molar-refractivity contribution in [3.63, 3.8) is 0 Å². The molecule has 0 unspecified atom stereocenters. The zero-order valence-electron chi connectivity index (χ0n) is 12.4. The minimum atomic E-state index is -1.83. The van der Waals surface area contributed by atoms with Crippen molar-refractivity contribution in [2.24, 2.45) is 0 Å². The molecule has 0 heterocycles. The van der Waals surface area contributed by atoms with Crippen molar-refractivity contribution in [3.8, 4) is 0 Å². The third-order valence-corrected chi connectivity index (χ3v) is 2.78. The van der Waals surface area contributed by atoms with Crippen molar-refractivity contribution in [1.29, 1.82) is 0 Å². The van der Waals surface area contributed by atoms with E-state index >= 15 is 0 Å². The third kappa shape index (κ3) is 5.74. The number of halogens is 2. The van der Waals surface area contributed by atoms with E-state index in [1.54, 1.807) is 48.6 Å². The average molecular weight is 318 g/mol. The molecule has 2 N–H and O–H groups in total. The summed E-state index contributed by atoms with van der Waals surface area (Å²) in [7, 11) is 0. The van der Waals surface area contributed by atoms with E-state index in [4.69, 9.17) is 15.0 Å². The molecule has 120 valence electrons. The first-order valence-electron chi connectivity index (χ1n) is 6.72. The molecule has 2 aromatic carbocycles. The first-order chi connectivity index (χ1) is 11.0. The number of hydrogen-bond acceptors (Lipinski definition) is 1. The summed E-state index contributed by atoms with van der Waals surface area (Å²) in [5, 5.41) is 13.9. The van der Waals surface area contributed by atoms with Gasteiger partial charge in [-0.05, 0) is 24.6 Å². The van der Waals surface area contributed by atoms with E-state index in [-0.39, 0.29) is 11.6 Å². The second kappa shape index (κ2) is 9.15. The zero-order valence-corrected chi connectivity index (χ0v) is 12.4. The Balaban J connectivity index is 0.000000593. The van der Waals surface area contributed by atoms with E-state index in [0.29, 0.717) is 16.7 Å². The zero-order chi connectivity index (χ0) is 17.2. The fraction of sp³-hybridized carbons (Fsp3) is 0.0556. The highest BCUT2D eigenvalue weighted by Gasteiger charge is 2.12. The summed E-state index contributed by atoms with van der Waals surface area (Å²) in [5.41, 5.74) is 1.32. The Morgan fingerprint density at radius 2 is 1.30 bits per heavy atom. The van der Waals surface area contributed by atoms with Crippen LogP contribution in [-0.2, 0) is 0 Å². The van der Waals surface area contributed by atoms with Gasteiger partial charge in [0.25, 0.3) is 0 Å². The van der Waals surface area contributed by atoms with Crippen molar-refractivity contribution in [2.75, 3.05) is 0 Å². The van der Waals surface area contributed by atoms with E-state index in [9.17, 15) is 8.78 Å². The fourth-order valence-electron chi connectivity index (χ4n) is 1.88. The minimum absolute atomic E-state index is 0.360. The first-order valence-corrected chi connectivity index (χ1v) is 6.72. The Bertz CT molecular complexity index is 670. The molecule has 0 radical (unpaired) electrons. The molecular weight excluding hydrogens is 302 g/mol. The van der Waals surface area contributed by atoms with E-state index < -0.39 is 6.16 Å². The van der Waals surface area contributed by atoms with Crippen LogP contribution in [0.1, 0.15) is 18.1 Å². The molecule has 0 aliphatic rings. The van der Waals surface area contributed by atoms with Crippen molar-refractivity contribution >= 4 is 11.7 Å². The van der Waals surface area contributed by atoms with Crippen LogP contribution in [0.3, 0.4) is 0 Å². The minimum Gasteiger partial charge on any atom is -0.450 e. The maximum absolute atomic E-state index is 13.9. The molecule has 0 aliphatic carbocycles. The summed E-state index contributed by atoms with van der Waals surface area (Å²) >= 11 is 0. The van der Waals surface area contributed by atoms with E-state index in [0.717, 1.165) is 0 Å². The van der Waals surface area contributed by atoms with Crippen LogP contribution in [0.4, 0.5) is 13.6 Å². The molecule has 3 nitrogen and oxygen atoms in total. The summed E-state index contributed by atoms with van der Waals surface area (Å²) in [5.74, 6) is -0.719. The Hall–Kier alpha value is -2.95. The van der Waals surface area contributed by atoms with Crippen molar-refractivity contribution < 1.29 is 23.8 Å². The summed E-state index contributed by atoms with van der Waals surface area (Å²) in [6, 6.07) is 12.8. The standard InChI is InChI=1S/C17H14F2.CH2O3/c1-2-3-8-13(14-9-4-6-11-16(14)18)15-10-5-7-12-17(15)19;2-1(3)4/h2-12H,1H3;(H2,2,3,4)/b3-2+;. The van der Waals surface area contributed by atoms with Gasteiger partial charge in [-0.3, -0.25) is 0 Å². The van der Waals surface area contributed by atoms with Gasteiger partial charge in [0.1, 0.15) is 11.6 Å². The Labute approximate surface area is 132 Å². The lowest BCUT2D eigenvalue weighted by Crippen LogP contribution is -1.94. The predicted molar refractivity (Wildman–Crippen MR) is 85.3 cm³/mol. The number of rotatable bonds is 3. The topological polar surface area (TPSA) is 57.5 Å². The van der Waals surface area contributed by atoms with Gasteiger partial charge in [0.05, 0.1) is 0 Å². The van der Waals surface area contributed by atoms with Gasteiger partial charge in [-0.25, -0.2) is 13.6 Å². The summed E-state index contributed by atoms with van der Waals surface area (Å²) in [6.45, 7) is 1.86. The van der Waals surface area contributed by atoms with Gasteiger partial charge in [-0.15, -0.1) is 0 Å². The smallest absolute Gasteiger partial charge is 0.450 e. The monoisotopic (exact) mass is 318 g/mol. The molecule has 0 fully saturated rings. The molecule has 23 heavy (non-hydrogen) atoms. The molecule has 0 atom stereocenters. The van der Waals surface area contributed by atoms with Gasteiger partial charge in [-0.2, -0.15) is 0 Å². The molecule has 0 saturated carbocycles. The average Bonchev–Trinajstić information content (AvgIpc) is 2.50. The fourth-order valence-corrected chi connectivity index (χ4v) is 1.88. The van der Waals surface area contributed by atoms with Crippen LogP contribution in [0.25, 0.3) is 5.57 Å². The van der Waals surface area contributed by atoms with Crippen LogP contribution in [0.15, 0.2) is 66.8 Å². The normalized spacial score (nSPS) is 9.87.